The van der Waals surface area contributed by atoms with Crippen LogP contribution in [0.4, 0.5) is 4.79 Å². The number of ketones is 1. The molecule has 20 heavy (non-hydrogen) atoms. The molecule has 6 N–H and O–H groups in total. The van der Waals surface area contributed by atoms with E-state index in [4.69, 9.17) is 11.5 Å². The number of hydrogen-bond acceptors (Lipinski definition) is 4. The Hall–Kier alpha value is -2.41. The van der Waals surface area contributed by atoms with Crippen LogP contribution >= 0.6 is 0 Å². The number of carbonyl (C=O) groups excluding carboxylic acids is 2. The van der Waals surface area contributed by atoms with Crippen molar-refractivity contribution in [1.29, 1.82) is 0 Å². The molecule has 0 fully saturated rings. The highest BCUT2D eigenvalue weighted by Crippen LogP contribution is 2.17. The third-order valence-corrected chi connectivity index (χ3v) is 2.87. The van der Waals surface area contributed by atoms with Crippen molar-refractivity contribution >= 4 is 17.8 Å². The molecule has 0 bridgehead atoms. The van der Waals surface area contributed by atoms with Gasteiger partial charge >= 0.3 is 12.0 Å². The van der Waals surface area contributed by atoms with E-state index < -0.39 is 23.3 Å². The number of benzene rings is 1. The second-order valence-electron chi connectivity index (χ2n) is 4.37. The third kappa shape index (κ3) is 3.79. The van der Waals surface area contributed by atoms with Crippen LogP contribution in [0, 0.1) is 0 Å². The van der Waals surface area contributed by atoms with Gasteiger partial charge in [-0.15, -0.1) is 0 Å². The summed E-state index contributed by atoms with van der Waals surface area (Å²) in [4.78, 5) is 34.0. The topological polar surface area (TPSA) is 136 Å². The molecule has 0 heterocycles. The molecule has 0 aromatic heterocycles. The van der Waals surface area contributed by atoms with Crippen molar-refractivity contribution in [3.8, 4) is 0 Å². The van der Waals surface area contributed by atoms with Crippen LogP contribution in [0.15, 0.2) is 30.3 Å². The van der Waals surface area contributed by atoms with Gasteiger partial charge in [-0.3, -0.25) is 4.79 Å². The first-order chi connectivity index (χ1) is 9.38. The molecule has 1 aromatic rings. The number of carboxylic acid groups (broad SMARTS) is 1. The van der Waals surface area contributed by atoms with E-state index in [1.165, 1.54) is 12.1 Å². The van der Waals surface area contributed by atoms with Crippen molar-refractivity contribution < 1.29 is 19.5 Å². The maximum absolute atomic E-state index is 12.2. The minimum atomic E-state index is -2.01. The largest absolute Gasteiger partial charge is 0.480 e. The fourth-order valence-electron chi connectivity index (χ4n) is 1.74. The van der Waals surface area contributed by atoms with Crippen LogP contribution in [0.5, 0.6) is 0 Å². The highest BCUT2D eigenvalue weighted by atomic mass is 16.4. The van der Waals surface area contributed by atoms with Gasteiger partial charge in [0.15, 0.2) is 11.3 Å². The second kappa shape index (κ2) is 6.67. The fourth-order valence-corrected chi connectivity index (χ4v) is 1.74. The van der Waals surface area contributed by atoms with E-state index in [0.717, 1.165) is 0 Å². The van der Waals surface area contributed by atoms with Gasteiger partial charge in [0.05, 0.1) is 0 Å². The second-order valence-corrected chi connectivity index (χ2v) is 4.37. The number of Topliss-reactive ketones (excluding diaryl/α,β-unsaturated/α-hetero) is 1. The summed E-state index contributed by atoms with van der Waals surface area (Å²) in [6, 6.07) is 7.28. The first-order valence-electron chi connectivity index (χ1n) is 6.03. The zero-order valence-electron chi connectivity index (χ0n) is 10.8. The summed E-state index contributed by atoms with van der Waals surface area (Å²) in [6.07, 6.45) is 0.126. The molecule has 7 heteroatoms. The molecule has 0 spiro atoms. The number of carboxylic acids is 1. The van der Waals surface area contributed by atoms with Crippen LogP contribution in [0.2, 0.25) is 0 Å². The van der Waals surface area contributed by atoms with E-state index in [-0.39, 0.29) is 24.9 Å². The van der Waals surface area contributed by atoms with Gasteiger partial charge in [-0.25, -0.2) is 9.59 Å². The summed E-state index contributed by atoms with van der Waals surface area (Å²) < 4.78 is 0. The molecule has 0 radical (unpaired) electrons. The molecule has 0 aliphatic heterocycles. The molecule has 7 nitrogen and oxygen atoms in total. The number of carbonyl (C=O) groups is 3. The van der Waals surface area contributed by atoms with Gasteiger partial charge in [-0.1, -0.05) is 30.3 Å². The van der Waals surface area contributed by atoms with E-state index in [1.54, 1.807) is 18.2 Å². The molecule has 0 saturated heterocycles. The normalized spacial score (nSPS) is 13.2. The number of hydrogen-bond donors (Lipinski definition) is 4. The number of amides is 2. The zero-order valence-corrected chi connectivity index (χ0v) is 10.8. The number of aliphatic carboxylic acids is 1. The summed E-state index contributed by atoms with van der Waals surface area (Å²) in [5, 5.41) is 11.5. The minimum absolute atomic E-state index is 0.101. The first-order valence-corrected chi connectivity index (χ1v) is 6.03. The Bertz CT molecular complexity index is 504. The standard InChI is InChI=1S/C13H17N3O4/c14-12(20)16-8-4-7-13(15,11(18)19)10(17)9-5-2-1-3-6-9/h1-3,5-6H,4,7-8,15H2,(H,18,19)(H3,14,16,20)/t13-/m1/s1. The molecular weight excluding hydrogens is 262 g/mol. The summed E-state index contributed by atoms with van der Waals surface area (Å²) in [7, 11) is 0. The van der Waals surface area contributed by atoms with Crippen LogP contribution in [0.3, 0.4) is 0 Å². The van der Waals surface area contributed by atoms with E-state index in [2.05, 4.69) is 5.32 Å². The van der Waals surface area contributed by atoms with Gasteiger partial charge in [0.1, 0.15) is 0 Å². The molecule has 1 aromatic carbocycles. The predicted molar refractivity (Wildman–Crippen MR) is 72.1 cm³/mol. The lowest BCUT2D eigenvalue weighted by Crippen LogP contribution is -2.55. The van der Waals surface area contributed by atoms with Gasteiger partial charge in [-0.2, -0.15) is 0 Å². The predicted octanol–water partition coefficient (Wildman–Crippen LogP) is 0.0999. The molecule has 108 valence electrons. The van der Waals surface area contributed by atoms with Crippen LogP contribution in [0.1, 0.15) is 23.2 Å². The summed E-state index contributed by atoms with van der Waals surface area (Å²) in [5.41, 5.74) is 8.85. The molecule has 2 amide bonds. The molecule has 0 aliphatic carbocycles. The summed E-state index contributed by atoms with van der Waals surface area (Å²) in [6.45, 7) is 0.156. The van der Waals surface area contributed by atoms with E-state index >= 15 is 0 Å². The summed E-state index contributed by atoms with van der Waals surface area (Å²) in [5.74, 6) is -2.06. The maximum Gasteiger partial charge on any atom is 0.331 e. The van der Waals surface area contributed by atoms with E-state index in [1.807, 2.05) is 0 Å². The van der Waals surface area contributed by atoms with Crippen LogP contribution < -0.4 is 16.8 Å². The average molecular weight is 279 g/mol. The van der Waals surface area contributed by atoms with Crippen molar-refractivity contribution in [2.75, 3.05) is 6.54 Å². The summed E-state index contributed by atoms with van der Waals surface area (Å²) >= 11 is 0. The van der Waals surface area contributed by atoms with E-state index in [9.17, 15) is 19.5 Å². The SMILES string of the molecule is NC(=O)NCCC[C@](N)(C(=O)O)C(=O)c1ccccc1. The van der Waals surface area contributed by atoms with Gasteiger partial charge in [0.25, 0.3) is 0 Å². The first kappa shape index (κ1) is 15.6. The van der Waals surface area contributed by atoms with E-state index in [0.29, 0.717) is 0 Å². The zero-order chi connectivity index (χ0) is 15.2. The number of urea groups is 1. The van der Waals surface area contributed by atoms with Crippen molar-refractivity contribution in [3.05, 3.63) is 35.9 Å². The highest BCUT2D eigenvalue weighted by Gasteiger charge is 2.41. The molecule has 1 atom stereocenters. The lowest BCUT2D eigenvalue weighted by atomic mass is 9.86. The van der Waals surface area contributed by atoms with Gasteiger partial charge in [0, 0.05) is 12.1 Å². The van der Waals surface area contributed by atoms with Crippen LogP contribution in [-0.2, 0) is 4.79 Å². The number of rotatable bonds is 7. The Morgan fingerprint density at radius 3 is 2.30 bits per heavy atom. The number of primary amides is 1. The van der Waals surface area contributed by atoms with Crippen molar-refractivity contribution in [1.82, 2.24) is 5.32 Å². The molecule has 1 rings (SSSR count). The Morgan fingerprint density at radius 2 is 1.80 bits per heavy atom. The van der Waals surface area contributed by atoms with Crippen molar-refractivity contribution in [2.24, 2.45) is 11.5 Å². The Labute approximate surface area is 115 Å². The smallest absolute Gasteiger partial charge is 0.331 e. The highest BCUT2D eigenvalue weighted by molar-refractivity contribution is 6.15. The monoisotopic (exact) mass is 279 g/mol. The van der Waals surface area contributed by atoms with Crippen molar-refractivity contribution in [3.63, 3.8) is 0 Å². The Kier molecular flexibility index (Phi) is 5.22. The van der Waals surface area contributed by atoms with Gasteiger partial charge < -0.3 is 21.9 Å². The Morgan fingerprint density at radius 1 is 1.20 bits per heavy atom. The quantitative estimate of drug-likeness (QED) is 0.319. The van der Waals surface area contributed by atoms with Crippen LogP contribution in [-0.4, -0.2) is 35.0 Å². The number of nitrogens with two attached hydrogens (primary N) is 2. The molecule has 0 unspecified atom stereocenters. The molecule has 0 saturated carbocycles. The fraction of sp³-hybridized carbons (Fsp3) is 0.308. The average Bonchev–Trinajstić information content (AvgIpc) is 2.43. The van der Waals surface area contributed by atoms with Crippen LogP contribution in [0.25, 0.3) is 0 Å². The molecule has 0 aliphatic rings. The van der Waals surface area contributed by atoms with Crippen molar-refractivity contribution in [2.45, 2.75) is 18.4 Å². The third-order valence-electron chi connectivity index (χ3n) is 2.87. The number of nitrogens with one attached hydrogen (secondary N) is 1. The van der Waals surface area contributed by atoms with Gasteiger partial charge in [0.2, 0.25) is 0 Å². The Balaban J connectivity index is 2.79. The minimum Gasteiger partial charge on any atom is -0.480 e. The lowest BCUT2D eigenvalue weighted by molar-refractivity contribution is -0.141. The van der Waals surface area contributed by atoms with Gasteiger partial charge in [-0.05, 0) is 12.8 Å². The maximum atomic E-state index is 12.2. The molecular formula is C13H17N3O4. The lowest BCUT2D eigenvalue weighted by Gasteiger charge is -2.23.